The summed E-state index contributed by atoms with van der Waals surface area (Å²) >= 11 is 0. The number of rotatable bonds is 3. The molecule has 0 bridgehead atoms. The average molecular weight is 354 g/mol. The van der Waals surface area contributed by atoms with E-state index >= 15 is 0 Å². The van der Waals surface area contributed by atoms with E-state index in [9.17, 15) is 14.0 Å². The normalized spacial score (nSPS) is 17.0. The number of anilines is 1. The second-order valence-electron chi connectivity index (χ2n) is 6.88. The second-order valence-corrected chi connectivity index (χ2v) is 6.88. The summed E-state index contributed by atoms with van der Waals surface area (Å²) in [5.41, 5.74) is 2.99. The van der Waals surface area contributed by atoms with E-state index in [0.717, 1.165) is 29.7 Å². The van der Waals surface area contributed by atoms with Crippen molar-refractivity contribution in [3.05, 3.63) is 65.0 Å². The Morgan fingerprint density at radius 2 is 1.92 bits per heavy atom. The largest absolute Gasteiger partial charge is 0.338 e. The summed E-state index contributed by atoms with van der Waals surface area (Å²) in [5, 5.41) is 2.97. The van der Waals surface area contributed by atoms with Gasteiger partial charge >= 0.3 is 0 Å². The lowest BCUT2D eigenvalue weighted by molar-refractivity contribution is -0.121. The van der Waals surface area contributed by atoms with Gasteiger partial charge in [0.25, 0.3) is 5.91 Å². The van der Waals surface area contributed by atoms with Crippen molar-refractivity contribution in [3.63, 3.8) is 0 Å². The van der Waals surface area contributed by atoms with Crippen LogP contribution in [0.1, 0.15) is 34.3 Å². The smallest absolute Gasteiger partial charge is 0.256 e. The molecule has 0 unspecified atom stereocenters. The minimum Gasteiger partial charge on any atom is -0.338 e. The van der Waals surface area contributed by atoms with Crippen LogP contribution in [0.3, 0.4) is 0 Å². The van der Waals surface area contributed by atoms with Gasteiger partial charge in [-0.15, -0.1) is 0 Å². The molecule has 1 aliphatic rings. The van der Waals surface area contributed by atoms with Crippen LogP contribution in [0.15, 0.2) is 42.5 Å². The molecule has 3 rings (SSSR count). The highest BCUT2D eigenvalue weighted by Crippen LogP contribution is 2.23. The molecule has 26 heavy (non-hydrogen) atoms. The molecular formula is C21H23FN2O2. The SMILES string of the molecule is Cc1ccc(NC(=O)[C@H]2CCCN(C(=O)c3ccccc3F)C2)c(C)c1. The highest BCUT2D eigenvalue weighted by atomic mass is 19.1. The van der Waals surface area contributed by atoms with Crippen molar-refractivity contribution in [3.8, 4) is 0 Å². The van der Waals surface area contributed by atoms with Gasteiger partial charge in [0, 0.05) is 18.8 Å². The number of carbonyl (C=O) groups excluding carboxylic acids is 2. The van der Waals surface area contributed by atoms with Crippen molar-refractivity contribution in [2.24, 2.45) is 5.92 Å². The van der Waals surface area contributed by atoms with E-state index in [1.54, 1.807) is 17.0 Å². The molecule has 0 radical (unpaired) electrons. The van der Waals surface area contributed by atoms with Gasteiger partial charge < -0.3 is 10.2 Å². The third-order valence-electron chi connectivity index (χ3n) is 4.82. The highest BCUT2D eigenvalue weighted by Gasteiger charge is 2.30. The van der Waals surface area contributed by atoms with Crippen molar-refractivity contribution in [2.45, 2.75) is 26.7 Å². The lowest BCUT2D eigenvalue weighted by Gasteiger charge is -2.32. The first kappa shape index (κ1) is 18.1. The molecule has 0 aromatic heterocycles. The van der Waals surface area contributed by atoms with E-state index < -0.39 is 5.82 Å². The Bertz CT molecular complexity index is 835. The standard InChI is InChI=1S/C21H23FN2O2/c1-14-9-10-19(15(2)12-14)23-20(25)16-6-5-11-24(13-16)21(26)17-7-3-4-8-18(17)22/h3-4,7-10,12,16H,5-6,11,13H2,1-2H3,(H,23,25)/t16-/m0/s1. The minimum atomic E-state index is -0.528. The first-order chi connectivity index (χ1) is 12.5. The minimum absolute atomic E-state index is 0.0583. The van der Waals surface area contributed by atoms with E-state index in [2.05, 4.69) is 5.32 Å². The molecule has 0 aliphatic carbocycles. The van der Waals surface area contributed by atoms with Gasteiger partial charge in [0.05, 0.1) is 11.5 Å². The summed E-state index contributed by atoms with van der Waals surface area (Å²) < 4.78 is 13.9. The Labute approximate surface area is 153 Å². The molecule has 0 spiro atoms. The van der Waals surface area contributed by atoms with Gasteiger partial charge in [0.15, 0.2) is 0 Å². The summed E-state index contributed by atoms with van der Waals surface area (Å²) in [6.07, 6.45) is 1.45. The number of aryl methyl sites for hydroxylation is 2. The van der Waals surface area contributed by atoms with Crippen molar-refractivity contribution in [2.75, 3.05) is 18.4 Å². The molecule has 1 heterocycles. The van der Waals surface area contributed by atoms with Gasteiger partial charge in [0.2, 0.25) is 5.91 Å². The summed E-state index contributed by atoms with van der Waals surface area (Å²) in [6.45, 7) is 4.81. The van der Waals surface area contributed by atoms with Gasteiger partial charge in [-0.2, -0.15) is 0 Å². The lowest BCUT2D eigenvalue weighted by Crippen LogP contribution is -2.44. The number of hydrogen-bond donors (Lipinski definition) is 1. The maximum absolute atomic E-state index is 13.9. The molecule has 2 aromatic rings. The van der Waals surface area contributed by atoms with Crippen molar-refractivity contribution in [1.82, 2.24) is 4.90 Å². The van der Waals surface area contributed by atoms with Gasteiger partial charge in [-0.1, -0.05) is 29.8 Å². The van der Waals surface area contributed by atoms with Crippen LogP contribution in [0, 0.1) is 25.6 Å². The maximum atomic E-state index is 13.9. The summed E-state index contributed by atoms with van der Waals surface area (Å²) in [5.74, 6) is -1.27. The molecule has 1 aliphatic heterocycles. The number of likely N-dealkylation sites (tertiary alicyclic amines) is 1. The van der Waals surface area contributed by atoms with E-state index in [4.69, 9.17) is 0 Å². The molecule has 1 N–H and O–H groups in total. The number of halogens is 1. The zero-order chi connectivity index (χ0) is 18.7. The van der Waals surface area contributed by atoms with E-state index in [1.165, 1.54) is 12.1 Å². The average Bonchev–Trinajstić information content (AvgIpc) is 2.64. The van der Waals surface area contributed by atoms with E-state index in [0.29, 0.717) is 13.1 Å². The third kappa shape index (κ3) is 3.93. The Balaban J connectivity index is 1.69. The predicted octanol–water partition coefficient (Wildman–Crippen LogP) is 3.93. The van der Waals surface area contributed by atoms with Crippen LogP contribution in [0.5, 0.6) is 0 Å². The number of hydrogen-bond acceptors (Lipinski definition) is 2. The summed E-state index contributed by atoms with van der Waals surface area (Å²) in [6, 6.07) is 11.8. The number of nitrogens with zero attached hydrogens (tertiary/aromatic N) is 1. The van der Waals surface area contributed by atoms with Gasteiger partial charge in [-0.3, -0.25) is 9.59 Å². The molecule has 136 valence electrons. The Kier molecular flexibility index (Phi) is 5.35. The second kappa shape index (κ2) is 7.68. The van der Waals surface area contributed by atoms with Crippen molar-refractivity contribution in [1.29, 1.82) is 0 Å². The number of benzene rings is 2. The van der Waals surface area contributed by atoms with Crippen LogP contribution >= 0.6 is 0 Å². The molecule has 2 aromatic carbocycles. The quantitative estimate of drug-likeness (QED) is 0.908. The van der Waals surface area contributed by atoms with Crippen molar-refractivity contribution < 1.29 is 14.0 Å². The zero-order valence-electron chi connectivity index (χ0n) is 15.1. The molecule has 5 heteroatoms. The first-order valence-corrected chi connectivity index (χ1v) is 8.87. The molecule has 1 atom stereocenters. The van der Waals surface area contributed by atoms with Crippen LogP contribution in [-0.4, -0.2) is 29.8 Å². The summed E-state index contributed by atoms with van der Waals surface area (Å²) in [7, 11) is 0. The fraction of sp³-hybridized carbons (Fsp3) is 0.333. The van der Waals surface area contributed by atoms with Gasteiger partial charge in [-0.05, 0) is 50.5 Å². The topological polar surface area (TPSA) is 49.4 Å². The fourth-order valence-corrected chi connectivity index (χ4v) is 3.37. The van der Waals surface area contributed by atoms with Crippen LogP contribution in [0.25, 0.3) is 0 Å². The molecule has 0 saturated carbocycles. The monoisotopic (exact) mass is 354 g/mol. The van der Waals surface area contributed by atoms with E-state index in [1.807, 2.05) is 32.0 Å². The number of amides is 2. The summed E-state index contributed by atoms with van der Waals surface area (Å²) in [4.78, 5) is 26.8. The predicted molar refractivity (Wildman–Crippen MR) is 99.6 cm³/mol. The Hall–Kier alpha value is -2.69. The molecule has 4 nitrogen and oxygen atoms in total. The van der Waals surface area contributed by atoms with Gasteiger partial charge in [-0.25, -0.2) is 4.39 Å². The maximum Gasteiger partial charge on any atom is 0.256 e. The highest BCUT2D eigenvalue weighted by molar-refractivity contribution is 5.96. The van der Waals surface area contributed by atoms with Crippen LogP contribution in [-0.2, 0) is 4.79 Å². The number of carbonyl (C=O) groups is 2. The van der Waals surface area contributed by atoms with Crippen LogP contribution < -0.4 is 5.32 Å². The Morgan fingerprint density at radius 3 is 2.65 bits per heavy atom. The number of nitrogens with one attached hydrogen (secondary N) is 1. The first-order valence-electron chi connectivity index (χ1n) is 8.87. The van der Waals surface area contributed by atoms with Crippen molar-refractivity contribution >= 4 is 17.5 Å². The Morgan fingerprint density at radius 1 is 1.15 bits per heavy atom. The van der Waals surface area contributed by atoms with Gasteiger partial charge in [0.1, 0.15) is 5.82 Å². The lowest BCUT2D eigenvalue weighted by atomic mass is 9.96. The molecule has 1 fully saturated rings. The zero-order valence-corrected chi connectivity index (χ0v) is 15.1. The molecule has 2 amide bonds. The van der Waals surface area contributed by atoms with Crippen LogP contribution in [0.4, 0.5) is 10.1 Å². The molecular weight excluding hydrogens is 331 g/mol. The van der Waals surface area contributed by atoms with Crippen LogP contribution in [0.2, 0.25) is 0 Å². The van der Waals surface area contributed by atoms with E-state index in [-0.39, 0.29) is 23.3 Å². The molecule has 1 saturated heterocycles. The third-order valence-corrected chi connectivity index (χ3v) is 4.82. The fourth-order valence-electron chi connectivity index (χ4n) is 3.37. The number of piperidine rings is 1.